The minimum atomic E-state index is 0. The third-order valence-electron chi connectivity index (χ3n) is 2.85. The predicted octanol–water partition coefficient (Wildman–Crippen LogP) is -0.192. The minimum Gasteiger partial charge on any atom is -0.383 e. The Morgan fingerprint density at radius 3 is 2.59 bits per heavy atom. The zero-order chi connectivity index (χ0) is 11.8. The second-order valence-electron chi connectivity index (χ2n) is 4.18. The summed E-state index contributed by atoms with van der Waals surface area (Å²) in [5.41, 5.74) is 0. The van der Waals surface area contributed by atoms with E-state index in [1.54, 1.807) is 7.11 Å². The third-order valence-corrected chi connectivity index (χ3v) is 2.85. The van der Waals surface area contributed by atoms with Gasteiger partial charge in [0.05, 0.1) is 6.61 Å². The Hall–Kier alpha value is -0.360. The highest BCUT2D eigenvalue weighted by atomic mass is 35.5. The average molecular weight is 266 g/mol. The summed E-state index contributed by atoms with van der Waals surface area (Å²) in [4.78, 5) is 15.9. The lowest BCUT2D eigenvalue weighted by atomic mass is 10.3. The third kappa shape index (κ3) is 6.83. The van der Waals surface area contributed by atoms with Crippen molar-refractivity contribution in [2.75, 3.05) is 60.0 Å². The van der Waals surface area contributed by atoms with Crippen LogP contribution < -0.4 is 5.32 Å². The molecule has 1 heterocycles. The Kier molecular flexibility index (Phi) is 9.44. The highest BCUT2D eigenvalue weighted by Gasteiger charge is 2.15. The molecule has 6 heteroatoms. The number of carbonyl (C=O) groups excluding carboxylic acids is 1. The molecule has 0 radical (unpaired) electrons. The van der Waals surface area contributed by atoms with Crippen LogP contribution in [0, 0.1) is 0 Å². The first-order valence-corrected chi connectivity index (χ1v) is 5.90. The minimum absolute atomic E-state index is 0. The largest absolute Gasteiger partial charge is 0.383 e. The molecular weight excluding hydrogens is 242 g/mol. The van der Waals surface area contributed by atoms with Crippen LogP contribution in [0.1, 0.15) is 6.42 Å². The van der Waals surface area contributed by atoms with E-state index in [1.165, 1.54) is 0 Å². The van der Waals surface area contributed by atoms with Gasteiger partial charge in [-0.05, 0) is 7.05 Å². The molecule has 1 fully saturated rings. The fourth-order valence-electron chi connectivity index (χ4n) is 1.72. The van der Waals surface area contributed by atoms with E-state index in [-0.39, 0.29) is 18.3 Å². The highest BCUT2D eigenvalue weighted by molar-refractivity contribution is 5.85. The smallest absolute Gasteiger partial charge is 0.223 e. The lowest BCUT2D eigenvalue weighted by Crippen LogP contribution is -2.47. The van der Waals surface area contributed by atoms with Gasteiger partial charge in [0.25, 0.3) is 0 Å². The molecule has 0 aromatic rings. The van der Waals surface area contributed by atoms with Crippen LogP contribution in [0.2, 0.25) is 0 Å². The van der Waals surface area contributed by atoms with E-state index >= 15 is 0 Å². The molecule has 0 unspecified atom stereocenters. The van der Waals surface area contributed by atoms with E-state index in [0.717, 1.165) is 45.9 Å². The average Bonchev–Trinajstić information content (AvgIpc) is 2.34. The van der Waals surface area contributed by atoms with Crippen LogP contribution in [0.15, 0.2) is 0 Å². The maximum Gasteiger partial charge on any atom is 0.223 e. The van der Waals surface area contributed by atoms with Crippen molar-refractivity contribution in [3.05, 3.63) is 0 Å². The van der Waals surface area contributed by atoms with Crippen LogP contribution in [0.25, 0.3) is 0 Å². The first-order chi connectivity index (χ1) is 7.74. The van der Waals surface area contributed by atoms with Crippen molar-refractivity contribution in [1.29, 1.82) is 0 Å². The Morgan fingerprint density at radius 1 is 1.35 bits per heavy atom. The molecule has 1 saturated heterocycles. The summed E-state index contributed by atoms with van der Waals surface area (Å²) >= 11 is 0. The Balaban J connectivity index is 0.00000256. The van der Waals surface area contributed by atoms with Gasteiger partial charge in [0.2, 0.25) is 5.91 Å². The molecule has 0 aromatic heterocycles. The lowest BCUT2D eigenvalue weighted by Gasteiger charge is -2.28. The van der Waals surface area contributed by atoms with Crippen LogP contribution in [0.5, 0.6) is 0 Å². The predicted molar refractivity (Wildman–Crippen MR) is 70.7 cm³/mol. The van der Waals surface area contributed by atoms with Crippen molar-refractivity contribution in [1.82, 2.24) is 15.1 Å². The molecule has 5 nitrogen and oxygen atoms in total. The van der Waals surface area contributed by atoms with Gasteiger partial charge in [-0.25, -0.2) is 0 Å². The molecule has 1 aliphatic heterocycles. The SMILES string of the molecule is COCCN(C)CCC(=O)N1CCNCC1.Cl. The number of likely N-dealkylation sites (N-methyl/N-ethyl adjacent to an activating group) is 1. The van der Waals surface area contributed by atoms with Crippen molar-refractivity contribution in [3.8, 4) is 0 Å². The number of amides is 1. The van der Waals surface area contributed by atoms with Crippen LogP contribution in [0.3, 0.4) is 0 Å². The van der Waals surface area contributed by atoms with E-state index in [4.69, 9.17) is 4.74 Å². The van der Waals surface area contributed by atoms with Crippen LogP contribution in [-0.4, -0.2) is 75.7 Å². The summed E-state index contributed by atoms with van der Waals surface area (Å²) in [7, 11) is 3.71. The van der Waals surface area contributed by atoms with Crippen molar-refractivity contribution < 1.29 is 9.53 Å². The standard InChI is InChI=1S/C11H23N3O2.ClH/c1-13(9-10-16-2)6-3-11(15)14-7-4-12-5-8-14;/h12H,3-10H2,1-2H3;1H. The Bertz CT molecular complexity index is 211. The lowest BCUT2D eigenvalue weighted by molar-refractivity contribution is -0.132. The molecule has 0 aromatic carbocycles. The summed E-state index contributed by atoms with van der Waals surface area (Å²) in [6, 6.07) is 0. The van der Waals surface area contributed by atoms with Crippen molar-refractivity contribution in [3.63, 3.8) is 0 Å². The van der Waals surface area contributed by atoms with E-state index in [2.05, 4.69) is 10.2 Å². The summed E-state index contributed by atoms with van der Waals surface area (Å²) < 4.78 is 4.99. The number of nitrogens with zero attached hydrogens (tertiary/aromatic N) is 2. The number of piperazine rings is 1. The van der Waals surface area contributed by atoms with E-state index in [9.17, 15) is 4.79 Å². The van der Waals surface area contributed by atoms with Gasteiger partial charge in [-0.2, -0.15) is 0 Å². The Labute approximate surface area is 110 Å². The van der Waals surface area contributed by atoms with Crippen molar-refractivity contribution in [2.24, 2.45) is 0 Å². The molecule has 17 heavy (non-hydrogen) atoms. The number of halogens is 1. The molecule has 0 bridgehead atoms. The van der Waals surface area contributed by atoms with Gasteiger partial charge < -0.3 is 19.9 Å². The molecule has 0 atom stereocenters. The first-order valence-electron chi connectivity index (χ1n) is 5.90. The molecule has 1 rings (SSSR count). The molecule has 1 N–H and O–H groups in total. The summed E-state index contributed by atoms with van der Waals surface area (Å²) in [6.45, 7) is 5.95. The first kappa shape index (κ1) is 16.6. The number of ether oxygens (including phenoxy) is 1. The maximum absolute atomic E-state index is 11.8. The fourth-order valence-corrected chi connectivity index (χ4v) is 1.72. The van der Waals surface area contributed by atoms with Crippen LogP contribution in [0.4, 0.5) is 0 Å². The highest BCUT2D eigenvalue weighted by Crippen LogP contribution is 1.98. The zero-order valence-electron chi connectivity index (χ0n) is 10.8. The summed E-state index contributed by atoms with van der Waals surface area (Å²) in [6.07, 6.45) is 0.611. The maximum atomic E-state index is 11.8. The van der Waals surface area contributed by atoms with Crippen molar-refractivity contribution in [2.45, 2.75) is 6.42 Å². The van der Waals surface area contributed by atoms with Gasteiger partial charge >= 0.3 is 0 Å². The zero-order valence-corrected chi connectivity index (χ0v) is 11.6. The second-order valence-corrected chi connectivity index (χ2v) is 4.18. The number of carbonyl (C=O) groups is 1. The number of nitrogens with one attached hydrogen (secondary N) is 1. The van der Waals surface area contributed by atoms with E-state index in [0.29, 0.717) is 6.42 Å². The van der Waals surface area contributed by atoms with Crippen molar-refractivity contribution >= 4 is 18.3 Å². The van der Waals surface area contributed by atoms with Gasteiger partial charge in [-0.15, -0.1) is 12.4 Å². The number of hydrogen-bond donors (Lipinski definition) is 1. The quantitative estimate of drug-likeness (QED) is 0.723. The van der Waals surface area contributed by atoms with Gasteiger partial charge in [-0.3, -0.25) is 4.79 Å². The number of methoxy groups -OCH3 is 1. The van der Waals surface area contributed by atoms with Gasteiger partial charge in [-0.1, -0.05) is 0 Å². The van der Waals surface area contributed by atoms with Crippen LogP contribution >= 0.6 is 12.4 Å². The topological polar surface area (TPSA) is 44.8 Å². The molecule has 0 saturated carbocycles. The molecule has 0 spiro atoms. The second kappa shape index (κ2) is 9.65. The van der Waals surface area contributed by atoms with Gasteiger partial charge in [0.15, 0.2) is 0 Å². The summed E-state index contributed by atoms with van der Waals surface area (Å²) in [5, 5.41) is 3.24. The van der Waals surface area contributed by atoms with E-state index in [1.807, 2.05) is 11.9 Å². The van der Waals surface area contributed by atoms with Gasteiger partial charge in [0.1, 0.15) is 0 Å². The molecule has 102 valence electrons. The normalized spacial score (nSPS) is 15.8. The monoisotopic (exact) mass is 265 g/mol. The molecule has 1 amide bonds. The molecular formula is C11H24ClN3O2. The number of rotatable bonds is 6. The fraction of sp³-hybridized carbons (Fsp3) is 0.909. The van der Waals surface area contributed by atoms with Crippen LogP contribution in [-0.2, 0) is 9.53 Å². The summed E-state index contributed by atoms with van der Waals surface area (Å²) in [5.74, 6) is 0.269. The Morgan fingerprint density at radius 2 is 2.00 bits per heavy atom. The van der Waals surface area contributed by atoms with Gasteiger partial charge in [0, 0.05) is 52.8 Å². The van der Waals surface area contributed by atoms with E-state index < -0.39 is 0 Å². The number of hydrogen-bond acceptors (Lipinski definition) is 4. The molecule has 1 aliphatic rings. The molecule has 0 aliphatic carbocycles.